The first-order valence-corrected chi connectivity index (χ1v) is 16.4. The summed E-state index contributed by atoms with van der Waals surface area (Å²) in [5, 5.41) is 9.77. The van der Waals surface area contributed by atoms with E-state index in [9.17, 15) is 0 Å². The van der Waals surface area contributed by atoms with Crippen LogP contribution < -0.4 is 21.7 Å². The van der Waals surface area contributed by atoms with Gasteiger partial charge in [-0.3, -0.25) is 14.5 Å². The quantitative estimate of drug-likeness (QED) is 0.0990. The number of rotatable bonds is 10. The van der Waals surface area contributed by atoms with Crippen molar-refractivity contribution in [2.75, 3.05) is 28.2 Å². The molecule has 0 aliphatic carbocycles. The molecule has 14 nitrogen and oxygen atoms in total. The molecule has 2 aromatic carbocycles. The molecule has 0 atom stereocenters. The van der Waals surface area contributed by atoms with Gasteiger partial charge >= 0.3 is 0 Å². The Hall–Kier alpha value is -6.48. The number of anilines is 5. The zero-order chi connectivity index (χ0) is 34.1. The fourth-order valence-corrected chi connectivity index (χ4v) is 5.31. The summed E-state index contributed by atoms with van der Waals surface area (Å²) in [6, 6.07) is 25.0. The van der Waals surface area contributed by atoms with E-state index in [1.54, 1.807) is 37.4 Å². The van der Waals surface area contributed by atoms with E-state index in [1.807, 2.05) is 83.4 Å². The molecule has 0 saturated carbocycles. The van der Waals surface area contributed by atoms with Gasteiger partial charge < -0.3 is 26.7 Å². The maximum atomic E-state index is 5.90. The number of aromatic nitrogens is 10. The molecule has 8 rings (SSSR count). The largest absolute Gasteiger partial charge is 0.399 e. The van der Waals surface area contributed by atoms with Gasteiger partial charge in [0.1, 0.15) is 18.0 Å². The number of imidazole rings is 2. The molecular weight excluding hydrogens is 696 g/mol. The van der Waals surface area contributed by atoms with Crippen molar-refractivity contribution in [1.82, 2.24) is 49.4 Å². The second-order valence-corrected chi connectivity index (χ2v) is 11.8. The Bertz CT molecular complexity index is 2330. The zero-order valence-corrected chi connectivity index (χ0v) is 28.2. The number of nitrogens with two attached hydrogens (primary N) is 1. The van der Waals surface area contributed by atoms with E-state index in [0.717, 1.165) is 61.7 Å². The van der Waals surface area contributed by atoms with Crippen LogP contribution >= 0.6 is 15.9 Å². The minimum atomic E-state index is 0.528. The van der Waals surface area contributed by atoms with Gasteiger partial charge in [0.05, 0.1) is 45.1 Å². The van der Waals surface area contributed by atoms with E-state index >= 15 is 0 Å². The fraction of sp³-hybridized carbons (Fsp3) is 0.0857. The molecule has 0 unspecified atom stereocenters. The van der Waals surface area contributed by atoms with Crippen molar-refractivity contribution < 1.29 is 0 Å². The molecule has 6 aromatic heterocycles. The van der Waals surface area contributed by atoms with E-state index in [0.29, 0.717) is 30.7 Å². The van der Waals surface area contributed by atoms with Crippen LogP contribution in [0.1, 0.15) is 11.4 Å². The molecule has 0 aliphatic heterocycles. The summed E-state index contributed by atoms with van der Waals surface area (Å²) in [5.74, 6) is 2.51. The molecule has 6 N–H and O–H groups in total. The summed E-state index contributed by atoms with van der Waals surface area (Å²) < 4.78 is 2.62. The predicted octanol–water partition coefficient (Wildman–Crippen LogP) is 6.31. The molecule has 0 saturated heterocycles. The van der Waals surface area contributed by atoms with Crippen LogP contribution in [-0.4, -0.2) is 56.0 Å². The van der Waals surface area contributed by atoms with Crippen molar-refractivity contribution in [3.05, 3.63) is 132 Å². The van der Waals surface area contributed by atoms with Gasteiger partial charge in [-0.15, -0.1) is 0 Å². The number of nitrogen functional groups attached to an aromatic ring is 1. The van der Waals surface area contributed by atoms with Gasteiger partial charge in [0.2, 0.25) is 11.9 Å². The molecule has 6 heterocycles. The first-order valence-electron chi connectivity index (χ1n) is 15.6. The number of benzene rings is 2. The highest BCUT2D eigenvalue weighted by atomic mass is 79.9. The Labute approximate surface area is 294 Å². The van der Waals surface area contributed by atoms with Gasteiger partial charge in [-0.2, -0.15) is 9.97 Å². The number of fused-ring (bicyclic) bond motifs is 2. The smallest absolute Gasteiger partial charge is 0.237 e. The highest BCUT2D eigenvalue weighted by Crippen LogP contribution is 2.23. The molecule has 0 spiro atoms. The molecule has 50 heavy (non-hydrogen) atoms. The van der Waals surface area contributed by atoms with Gasteiger partial charge in [0.25, 0.3) is 0 Å². The van der Waals surface area contributed by atoms with Crippen molar-refractivity contribution in [3.8, 4) is 5.95 Å². The standard InChI is InChI=1S/C18H16BrN7.C17H15N7/c19-14-10-23-18(26-11-24-15-5-4-12(20)9-16(15)26)25-17(14)22-8-6-13-3-1-2-7-21-13;1-2-7-18-13(3-1)10-20-16-6-8-19-17(24-16)23-12-4-5-14-15(9-12)22-11-21-14/h1-5,7,9-11H,6,8,20H2,(H,22,23,25);1-9,11H,10H2,(H,21,22)(H2,19,20,23,24). The summed E-state index contributed by atoms with van der Waals surface area (Å²) in [6.07, 6.45) is 11.2. The van der Waals surface area contributed by atoms with E-state index in [-0.39, 0.29) is 0 Å². The third kappa shape index (κ3) is 7.96. The normalized spacial score (nSPS) is 10.8. The number of H-pyrrole nitrogens is 1. The molecular formula is C35H31BrN14. The van der Waals surface area contributed by atoms with Crippen molar-refractivity contribution in [2.45, 2.75) is 13.0 Å². The van der Waals surface area contributed by atoms with Crippen molar-refractivity contribution >= 4 is 67.0 Å². The second-order valence-electron chi connectivity index (χ2n) is 10.9. The van der Waals surface area contributed by atoms with E-state index in [2.05, 4.69) is 76.7 Å². The van der Waals surface area contributed by atoms with E-state index in [4.69, 9.17) is 5.73 Å². The second kappa shape index (κ2) is 15.2. The number of nitrogens with zero attached hydrogens (tertiary/aromatic N) is 9. The van der Waals surface area contributed by atoms with Gasteiger partial charge in [-0.05, 0) is 82.7 Å². The lowest BCUT2D eigenvalue weighted by Crippen LogP contribution is -2.10. The maximum absolute atomic E-state index is 5.90. The summed E-state index contributed by atoms with van der Waals surface area (Å²) in [5.41, 5.74) is 13.0. The summed E-state index contributed by atoms with van der Waals surface area (Å²) in [6.45, 7) is 1.32. The van der Waals surface area contributed by atoms with Crippen LogP contribution in [0.25, 0.3) is 28.0 Å². The molecule has 0 amide bonds. The molecule has 0 fully saturated rings. The molecule has 15 heteroatoms. The van der Waals surface area contributed by atoms with Crippen LogP contribution in [0.3, 0.4) is 0 Å². The number of hydrogen-bond donors (Lipinski definition) is 5. The summed E-state index contributed by atoms with van der Waals surface area (Å²) in [7, 11) is 0. The molecule has 0 bridgehead atoms. The van der Waals surface area contributed by atoms with Gasteiger partial charge in [0.15, 0.2) is 0 Å². The topological polar surface area (TPSA) is 186 Å². The van der Waals surface area contributed by atoms with Crippen molar-refractivity contribution in [1.29, 1.82) is 0 Å². The lowest BCUT2D eigenvalue weighted by atomic mass is 10.3. The van der Waals surface area contributed by atoms with E-state index in [1.165, 1.54) is 0 Å². The first-order chi connectivity index (χ1) is 24.6. The highest BCUT2D eigenvalue weighted by molar-refractivity contribution is 9.10. The van der Waals surface area contributed by atoms with Crippen LogP contribution in [0.4, 0.5) is 29.0 Å². The summed E-state index contributed by atoms with van der Waals surface area (Å²) >= 11 is 3.49. The monoisotopic (exact) mass is 726 g/mol. The highest BCUT2D eigenvalue weighted by Gasteiger charge is 2.11. The maximum Gasteiger partial charge on any atom is 0.237 e. The predicted molar refractivity (Wildman–Crippen MR) is 198 cm³/mol. The van der Waals surface area contributed by atoms with Gasteiger partial charge in [0, 0.05) is 54.8 Å². The SMILES string of the molecule is Nc1ccc2ncn(-c3ncc(Br)c(NCCc4ccccn4)n3)c2c1.c1ccc(CNc2ccnc(Nc3ccc4nc[nH]c4c3)n2)nc1. The number of halogens is 1. The minimum absolute atomic E-state index is 0.528. The number of pyridine rings is 2. The Morgan fingerprint density at radius 2 is 1.60 bits per heavy atom. The van der Waals surface area contributed by atoms with Gasteiger partial charge in [-0.25, -0.2) is 19.9 Å². The van der Waals surface area contributed by atoms with Crippen molar-refractivity contribution in [2.24, 2.45) is 0 Å². The molecule has 248 valence electrons. The minimum Gasteiger partial charge on any atom is -0.399 e. The van der Waals surface area contributed by atoms with Gasteiger partial charge in [-0.1, -0.05) is 12.1 Å². The first kappa shape index (κ1) is 32.1. The van der Waals surface area contributed by atoms with Crippen LogP contribution in [-0.2, 0) is 13.0 Å². The third-order valence-corrected chi connectivity index (χ3v) is 8.01. The van der Waals surface area contributed by atoms with Crippen LogP contribution in [0.15, 0.2) is 121 Å². The average Bonchev–Trinajstić information content (AvgIpc) is 3.80. The Kier molecular flexibility index (Phi) is 9.73. The van der Waals surface area contributed by atoms with Crippen LogP contribution in [0, 0.1) is 0 Å². The number of aromatic amines is 1. The lowest BCUT2D eigenvalue weighted by Gasteiger charge is -2.10. The molecule has 0 aliphatic rings. The molecule has 8 aromatic rings. The number of hydrogen-bond acceptors (Lipinski definition) is 12. The van der Waals surface area contributed by atoms with Crippen LogP contribution in [0.2, 0.25) is 0 Å². The van der Waals surface area contributed by atoms with Crippen molar-refractivity contribution in [3.63, 3.8) is 0 Å². The van der Waals surface area contributed by atoms with E-state index < -0.39 is 0 Å². The molecule has 0 radical (unpaired) electrons. The zero-order valence-electron chi connectivity index (χ0n) is 26.6. The lowest BCUT2D eigenvalue weighted by molar-refractivity contribution is 0.918. The Balaban J connectivity index is 0.000000157. The fourth-order valence-electron chi connectivity index (χ4n) is 4.98. The summed E-state index contributed by atoms with van der Waals surface area (Å²) in [4.78, 5) is 38.0. The van der Waals surface area contributed by atoms with Crippen LogP contribution in [0.5, 0.6) is 0 Å². The third-order valence-electron chi connectivity index (χ3n) is 7.43. The Morgan fingerprint density at radius 1 is 0.760 bits per heavy atom. The average molecular weight is 728 g/mol. The number of nitrogens with one attached hydrogen (secondary N) is 4. The Morgan fingerprint density at radius 3 is 2.44 bits per heavy atom.